The van der Waals surface area contributed by atoms with Gasteiger partial charge < -0.3 is 10.6 Å². The third kappa shape index (κ3) is 2.88. The Hall–Kier alpha value is -0.770. The predicted octanol–water partition coefficient (Wildman–Crippen LogP) is 1.94. The van der Waals surface area contributed by atoms with Crippen molar-refractivity contribution < 1.29 is 4.79 Å². The molecule has 1 aliphatic heterocycles. The summed E-state index contributed by atoms with van der Waals surface area (Å²) in [6.07, 6.45) is 0.881. The molecule has 0 radical (unpaired) electrons. The van der Waals surface area contributed by atoms with Gasteiger partial charge in [-0.05, 0) is 24.6 Å². The van der Waals surface area contributed by atoms with Crippen molar-refractivity contribution in [2.45, 2.75) is 12.5 Å². The second-order valence-corrected chi connectivity index (χ2v) is 4.25. The van der Waals surface area contributed by atoms with Crippen molar-refractivity contribution in [3.8, 4) is 0 Å². The molecule has 0 bridgehead atoms. The van der Waals surface area contributed by atoms with Gasteiger partial charge in [0.25, 0.3) is 5.91 Å². The van der Waals surface area contributed by atoms with Crippen LogP contribution in [0.1, 0.15) is 16.8 Å². The van der Waals surface area contributed by atoms with Gasteiger partial charge >= 0.3 is 0 Å². The van der Waals surface area contributed by atoms with Crippen LogP contribution in [0.2, 0.25) is 5.02 Å². The molecular formula is C11H14Cl2N2O. The van der Waals surface area contributed by atoms with Crippen LogP contribution in [-0.2, 0) is 0 Å². The summed E-state index contributed by atoms with van der Waals surface area (Å²) in [7, 11) is 0. The number of amides is 1. The molecule has 88 valence electrons. The zero-order chi connectivity index (χ0) is 10.8. The molecule has 16 heavy (non-hydrogen) atoms. The van der Waals surface area contributed by atoms with Gasteiger partial charge in [-0.3, -0.25) is 4.79 Å². The van der Waals surface area contributed by atoms with Gasteiger partial charge in [0.1, 0.15) is 0 Å². The smallest absolute Gasteiger partial charge is 0.253 e. The average molecular weight is 261 g/mol. The summed E-state index contributed by atoms with van der Waals surface area (Å²) >= 11 is 5.83. The SMILES string of the molecule is Cl.N[C@H]1CCN(C(=O)c2cccc(Cl)c2)C1. The Kier molecular flexibility index (Phi) is 4.59. The number of nitrogens with zero attached hydrogens (tertiary/aromatic N) is 1. The Balaban J connectivity index is 0.00000128. The van der Waals surface area contributed by atoms with Crippen LogP contribution in [0, 0.1) is 0 Å². The zero-order valence-corrected chi connectivity index (χ0v) is 10.3. The van der Waals surface area contributed by atoms with E-state index in [9.17, 15) is 4.79 Å². The molecule has 1 atom stereocenters. The third-order valence-electron chi connectivity index (χ3n) is 2.58. The van der Waals surface area contributed by atoms with Crippen LogP contribution in [0.4, 0.5) is 0 Å². The number of carbonyl (C=O) groups is 1. The van der Waals surface area contributed by atoms with Gasteiger partial charge in [0, 0.05) is 29.7 Å². The van der Waals surface area contributed by atoms with Crippen LogP contribution in [0.25, 0.3) is 0 Å². The van der Waals surface area contributed by atoms with Crippen LogP contribution >= 0.6 is 24.0 Å². The molecule has 1 amide bonds. The van der Waals surface area contributed by atoms with Crippen LogP contribution in [-0.4, -0.2) is 29.9 Å². The summed E-state index contributed by atoms with van der Waals surface area (Å²) < 4.78 is 0. The Morgan fingerprint density at radius 2 is 2.25 bits per heavy atom. The van der Waals surface area contributed by atoms with Crippen molar-refractivity contribution in [3.05, 3.63) is 34.9 Å². The lowest BCUT2D eigenvalue weighted by Gasteiger charge is -2.15. The summed E-state index contributed by atoms with van der Waals surface area (Å²) in [5.41, 5.74) is 6.39. The van der Waals surface area contributed by atoms with E-state index in [-0.39, 0.29) is 24.4 Å². The molecule has 5 heteroatoms. The van der Waals surface area contributed by atoms with E-state index in [0.29, 0.717) is 17.1 Å². The van der Waals surface area contributed by atoms with E-state index >= 15 is 0 Å². The third-order valence-corrected chi connectivity index (χ3v) is 2.82. The summed E-state index contributed by atoms with van der Waals surface area (Å²) in [5, 5.41) is 0.587. The zero-order valence-electron chi connectivity index (χ0n) is 8.73. The molecular weight excluding hydrogens is 247 g/mol. The van der Waals surface area contributed by atoms with E-state index in [4.69, 9.17) is 17.3 Å². The van der Waals surface area contributed by atoms with Crippen LogP contribution in [0.15, 0.2) is 24.3 Å². The lowest BCUT2D eigenvalue weighted by Crippen LogP contribution is -2.31. The summed E-state index contributed by atoms with van der Waals surface area (Å²) in [5.74, 6) is 0.0189. The van der Waals surface area contributed by atoms with Gasteiger partial charge in [-0.2, -0.15) is 0 Å². The molecule has 1 aromatic rings. The van der Waals surface area contributed by atoms with Crippen LogP contribution < -0.4 is 5.73 Å². The molecule has 1 aromatic carbocycles. The largest absolute Gasteiger partial charge is 0.337 e. The normalized spacial score (nSPS) is 19.4. The lowest BCUT2D eigenvalue weighted by atomic mass is 10.2. The fourth-order valence-corrected chi connectivity index (χ4v) is 1.97. The monoisotopic (exact) mass is 260 g/mol. The maximum Gasteiger partial charge on any atom is 0.253 e. The number of likely N-dealkylation sites (tertiary alicyclic amines) is 1. The van der Waals surface area contributed by atoms with Crippen molar-refractivity contribution >= 4 is 29.9 Å². The Morgan fingerprint density at radius 1 is 1.50 bits per heavy atom. The first kappa shape index (κ1) is 13.3. The molecule has 1 fully saturated rings. The maximum absolute atomic E-state index is 12.0. The molecule has 0 aliphatic carbocycles. The molecule has 1 heterocycles. The first-order valence-electron chi connectivity index (χ1n) is 4.97. The minimum atomic E-state index is 0. The molecule has 1 saturated heterocycles. The quantitative estimate of drug-likeness (QED) is 0.839. The van der Waals surface area contributed by atoms with Crippen molar-refractivity contribution in [2.75, 3.05) is 13.1 Å². The number of halogens is 2. The van der Waals surface area contributed by atoms with E-state index in [1.165, 1.54) is 0 Å². The second-order valence-electron chi connectivity index (χ2n) is 3.81. The molecule has 0 aromatic heterocycles. The van der Waals surface area contributed by atoms with Gasteiger partial charge in [-0.1, -0.05) is 17.7 Å². The highest BCUT2D eigenvalue weighted by Gasteiger charge is 2.24. The van der Waals surface area contributed by atoms with Crippen LogP contribution in [0.5, 0.6) is 0 Å². The van der Waals surface area contributed by atoms with E-state index in [1.54, 1.807) is 29.2 Å². The second kappa shape index (κ2) is 5.53. The summed E-state index contributed by atoms with van der Waals surface area (Å²) in [4.78, 5) is 13.7. The standard InChI is InChI=1S/C11H13ClN2O.ClH/c12-9-3-1-2-8(6-9)11(15)14-5-4-10(13)7-14;/h1-3,6,10H,4-5,7,13H2;1H/t10-;/m0./s1. The molecule has 2 N–H and O–H groups in total. The van der Waals surface area contributed by atoms with Gasteiger partial charge in [-0.25, -0.2) is 0 Å². The van der Waals surface area contributed by atoms with E-state index in [0.717, 1.165) is 13.0 Å². The maximum atomic E-state index is 12.0. The van der Waals surface area contributed by atoms with E-state index in [2.05, 4.69) is 0 Å². The van der Waals surface area contributed by atoms with Gasteiger partial charge in [0.2, 0.25) is 0 Å². The summed E-state index contributed by atoms with van der Waals surface area (Å²) in [6, 6.07) is 7.12. The minimum Gasteiger partial charge on any atom is -0.337 e. The van der Waals surface area contributed by atoms with Crippen molar-refractivity contribution in [1.29, 1.82) is 0 Å². The highest BCUT2D eigenvalue weighted by molar-refractivity contribution is 6.30. The number of nitrogens with two attached hydrogens (primary N) is 1. The molecule has 1 aliphatic rings. The van der Waals surface area contributed by atoms with Crippen molar-refractivity contribution in [3.63, 3.8) is 0 Å². The Labute approximate surface area is 106 Å². The van der Waals surface area contributed by atoms with Gasteiger partial charge in [0.15, 0.2) is 0 Å². The highest BCUT2D eigenvalue weighted by Crippen LogP contribution is 2.15. The first-order valence-corrected chi connectivity index (χ1v) is 5.35. The van der Waals surface area contributed by atoms with E-state index in [1.807, 2.05) is 0 Å². The summed E-state index contributed by atoms with van der Waals surface area (Å²) in [6.45, 7) is 1.39. The fourth-order valence-electron chi connectivity index (χ4n) is 1.78. The van der Waals surface area contributed by atoms with Crippen LogP contribution in [0.3, 0.4) is 0 Å². The van der Waals surface area contributed by atoms with Gasteiger partial charge in [0.05, 0.1) is 0 Å². The topological polar surface area (TPSA) is 46.3 Å². The Morgan fingerprint density at radius 3 is 2.81 bits per heavy atom. The number of carbonyl (C=O) groups excluding carboxylic acids is 1. The van der Waals surface area contributed by atoms with Gasteiger partial charge in [-0.15, -0.1) is 12.4 Å². The molecule has 0 spiro atoms. The molecule has 2 rings (SSSR count). The lowest BCUT2D eigenvalue weighted by molar-refractivity contribution is 0.0791. The first-order chi connectivity index (χ1) is 7.16. The van der Waals surface area contributed by atoms with E-state index < -0.39 is 0 Å². The number of hydrogen-bond donors (Lipinski definition) is 1. The average Bonchev–Trinajstić information content (AvgIpc) is 2.64. The molecule has 0 saturated carbocycles. The number of rotatable bonds is 1. The number of hydrogen-bond acceptors (Lipinski definition) is 2. The van der Waals surface area contributed by atoms with Crippen molar-refractivity contribution in [1.82, 2.24) is 4.90 Å². The minimum absolute atomic E-state index is 0. The highest BCUT2D eigenvalue weighted by atomic mass is 35.5. The molecule has 3 nitrogen and oxygen atoms in total. The fraction of sp³-hybridized carbons (Fsp3) is 0.364. The Bertz CT molecular complexity index is 384. The number of benzene rings is 1. The van der Waals surface area contributed by atoms with Crippen molar-refractivity contribution in [2.24, 2.45) is 5.73 Å². The molecule has 0 unspecified atom stereocenters. The predicted molar refractivity (Wildman–Crippen MR) is 67.2 cm³/mol.